The van der Waals surface area contributed by atoms with Crippen LogP contribution in [0.25, 0.3) is 0 Å². The van der Waals surface area contributed by atoms with E-state index in [4.69, 9.17) is 0 Å². The summed E-state index contributed by atoms with van der Waals surface area (Å²) in [4.78, 5) is 26.2. The number of hydrogen-bond donors (Lipinski definition) is 2. The highest BCUT2D eigenvalue weighted by atomic mass is 32.1. The van der Waals surface area contributed by atoms with E-state index in [0.717, 1.165) is 12.2 Å². The summed E-state index contributed by atoms with van der Waals surface area (Å²) in [7, 11) is 1.99. The summed E-state index contributed by atoms with van der Waals surface area (Å²) in [6.07, 6.45) is 0.284. The number of carbonyl (C=O) groups is 2. The Morgan fingerprint density at radius 1 is 1.04 bits per heavy atom. The van der Waals surface area contributed by atoms with Crippen molar-refractivity contribution in [1.82, 2.24) is 10.6 Å². The summed E-state index contributed by atoms with van der Waals surface area (Å²) in [5.74, 6) is -0.186. The molecule has 122 valence electrons. The van der Waals surface area contributed by atoms with Crippen molar-refractivity contribution < 1.29 is 9.59 Å². The lowest BCUT2D eigenvalue weighted by Crippen LogP contribution is -2.35. The van der Waals surface area contributed by atoms with Gasteiger partial charge in [-0.1, -0.05) is 24.3 Å². The fourth-order valence-electron chi connectivity index (χ4n) is 2.05. The number of thiophene rings is 1. The quantitative estimate of drug-likeness (QED) is 0.779. The molecule has 0 aliphatic heterocycles. The fraction of sp³-hybridized carbons (Fsp3) is 0.294. The van der Waals surface area contributed by atoms with Gasteiger partial charge in [0.1, 0.15) is 0 Å². The maximum Gasteiger partial charge on any atom is 0.261 e. The molecular formula is C17H21N3O2S. The van der Waals surface area contributed by atoms with Crippen LogP contribution in [0.2, 0.25) is 0 Å². The molecule has 0 radical (unpaired) electrons. The number of rotatable bonds is 8. The summed E-state index contributed by atoms with van der Waals surface area (Å²) in [6.45, 7) is 1.65. The molecule has 1 heterocycles. The molecule has 0 bridgehead atoms. The van der Waals surface area contributed by atoms with Crippen molar-refractivity contribution >= 4 is 28.8 Å². The molecule has 2 amide bonds. The normalized spacial score (nSPS) is 10.1. The molecule has 0 saturated heterocycles. The van der Waals surface area contributed by atoms with Gasteiger partial charge in [0.05, 0.1) is 4.88 Å². The molecule has 0 atom stereocenters. The standard InChI is InChI=1S/C17H21N3O2S/c1-20(14-6-3-2-4-7-14)12-11-18-16(21)9-10-19-17(22)15-8-5-13-23-15/h2-8,13H,9-12H2,1H3,(H,18,21)(H,19,22). The van der Waals surface area contributed by atoms with E-state index in [-0.39, 0.29) is 18.2 Å². The maximum absolute atomic E-state index is 11.8. The molecule has 0 unspecified atom stereocenters. The second-order valence-corrected chi connectivity index (χ2v) is 6.04. The van der Waals surface area contributed by atoms with E-state index in [9.17, 15) is 9.59 Å². The summed E-state index contributed by atoms with van der Waals surface area (Å²) in [5, 5.41) is 7.46. The molecule has 0 saturated carbocycles. The van der Waals surface area contributed by atoms with Gasteiger partial charge in [0.2, 0.25) is 5.91 Å². The monoisotopic (exact) mass is 331 g/mol. The zero-order valence-electron chi connectivity index (χ0n) is 13.1. The predicted octanol–water partition coefficient (Wildman–Crippen LogP) is 2.12. The summed E-state index contributed by atoms with van der Waals surface area (Å²) in [5.41, 5.74) is 1.12. The van der Waals surface area contributed by atoms with Gasteiger partial charge in [-0.3, -0.25) is 9.59 Å². The Bertz CT molecular complexity index is 614. The smallest absolute Gasteiger partial charge is 0.261 e. The SMILES string of the molecule is CN(CCNC(=O)CCNC(=O)c1cccs1)c1ccccc1. The minimum Gasteiger partial charge on any atom is -0.373 e. The summed E-state index contributed by atoms with van der Waals surface area (Å²) >= 11 is 1.39. The molecule has 1 aromatic carbocycles. The van der Waals surface area contributed by atoms with Crippen LogP contribution in [0.4, 0.5) is 5.69 Å². The minimum absolute atomic E-state index is 0.0575. The number of likely N-dealkylation sites (N-methyl/N-ethyl adjacent to an activating group) is 1. The first kappa shape index (κ1) is 17.0. The highest BCUT2D eigenvalue weighted by Crippen LogP contribution is 2.09. The molecule has 0 aliphatic carbocycles. The number of anilines is 1. The third kappa shape index (κ3) is 5.75. The van der Waals surface area contributed by atoms with E-state index < -0.39 is 0 Å². The van der Waals surface area contributed by atoms with Crippen molar-refractivity contribution in [3.8, 4) is 0 Å². The van der Waals surface area contributed by atoms with Crippen LogP contribution in [0.3, 0.4) is 0 Å². The third-order valence-electron chi connectivity index (χ3n) is 3.35. The number of amides is 2. The average molecular weight is 331 g/mol. The van der Waals surface area contributed by atoms with Crippen LogP contribution in [0, 0.1) is 0 Å². The van der Waals surface area contributed by atoms with E-state index in [2.05, 4.69) is 15.5 Å². The molecule has 23 heavy (non-hydrogen) atoms. The first-order valence-electron chi connectivity index (χ1n) is 7.51. The number of nitrogens with zero attached hydrogens (tertiary/aromatic N) is 1. The number of hydrogen-bond acceptors (Lipinski definition) is 4. The van der Waals surface area contributed by atoms with E-state index in [0.29, 0.717) is 18.0 Å². The Balaban J connectivity index is 1.59. The van der Waals surface area contributed by atoms with Gasteiger partial charge in [0, 0.05) is 38.8 Å². The molecular weight excluding hydrogens is 310 g/mol. The molecule has 0 spiro atoms. The minimum atomic E-state index is -0.128. The number of nitrogens with one attached hydrogen (secondary N) is 2. The molecule has 2 N–H and O–H groups in total. The summed E-state index contributed by atoms with van der Waals surface area (Å²) in [6, 6.07) is 13.6. The van der Waals surface area contributed by atoms with Crippen molar-refractivity contribution in [3.05, 3.63) is 52.7 Å². The molecule has 6 heteroatoms. The van der Waals surface area contributed by atoms with E-state index >= 15 is 0 Å². The van der Waals surface area contributed by atoms with Gasteiger partial charge in [0.25, 0.3) is 5.91 Å². The van der Waals surface area contributed by atoms with Crippen LogP contribution in [0.15, 0.2) is 47.8 Å². The highest BCUT2D eigenvalue weighted by Gasteiger charge is 2.07. The number of carbonyl (C=O) groups excluding carboxylic acids is 2. The first-order chi connectivity index (χ1) is 11.2. The second-order valence-electron chi connectivity index (χ2n) is 5.09. The Kier molecular flexibility index (Phi) is 6.62. The zero-order chi connectivity index (χ0) is 16.5. The Hall–Kier alpha value is -2.34. The summed E-state index contributed by atoms with van der Waals surface area (Å²) < 4.78 is 0. The van der Waals surface area contributed by atoms with Gasteiger partial charge in [-0.15, -0.1) is 11.3 Å². The topological polar surface area (TPSA) is 61.4 Å². The van der Waals surface area contributed by atoms with Crippen molar-refractivity contribution in [2.24, 2.45) is 0 Å². The molecule has 5 nitrogen and oxygen atoms in total. The second kappa shape index (κ2) is 8.95. The van der Waals surface area contributed by atoms with Crippen molar-refractivity contribution in [3.63, 3.8) is 0 Å². The Labute approximate surface area is 140 Å². The lowest BCUT2D eigenvalue weighted by atomic mass is 10.3. The van der Waals surface area contributed by atoms with Gasteiger partial charge < -0.3 is 15.5 Å². The van der Waals surface area contributed by atoms with E-state index in [1.165, 1.54) is 11.3 Å². The van der Waals surface area contributed by atoms with Crippen LogP contribution in [0.5, 0.6) is 0 Å². The van der Waals surface area contributed by atoms with Crippen LogP contribution in [0.1, 0.15) is 16.1 Å². The first-order valence-corrected chi connectivity index (χ1v) is 8.39. The van der Waals surface area contributed by atoms with Gasteiger partial charge in [0.15, 0.2) is 0 Å². The van der Waals surface area contributed by atoms with Crippen molar-refractivity contribution in [1.29, 1.82) is 0 Å². The zero-order valence-corrected chi connectivity index (χ0v) is 13.9. The van der Waals surface area contributed by atoms with Crippen LogP contribution in [-0.4, -0.2) is 38.5 Å². The van der Waals surface area contributed by atoms with Gasteiger partial charge in [-0.25, -0.2) is 0 Å². The molecule has 2 aromatic rings. The number of benzene rings is 1. The van der Waals surface area contributed by atoms with Crippen LogP contribution >= 0.6 is 11.3 Å². The molecule has 0 aliphatic rings. The van der Waals surface area contributed by atoms with Gasteiger partial charge in [-0.05, 0) is 23.6 Å². The lowest BCUT2D eigenvalue weighted by Gasteiger charge is -2.19. The van der Waals surface area contributed by atoms with Crippen LogP contribution in [-0.2, 0) is 4.79 Å². The Morgan fingerprint density at radius 3 is 2.52 bits per heavy atom. The maximum atomic E-state index is 11.8. The fourth-order valence-corrected chi connectivity index (χ4v) is 2.69. The largest absolute Gasteiger partial charge is 0.373 e. The highest BCUT2D eigenvalue weighted by molar-refractivity contribution is 7.12. The third-order valence-corrected chi connectivity index (χ3v) is 4.22. The molecule has 2 rings (SSSR count). The predicted molar refractivity (Wildman–Crippen MR) is 94.0 cm³/mol. The lowest BCUT2D eigenvalue weighted by molar-refractivity contribution is -0.120. The van der Waals surface area contributed by atoms with Gasteiger partial charge in [-0.2, -0.15) is 0 Å². The molecule has 0 fully saturated rings. The van der Waals surface area contributed by atoms with Gasteiger partial charge >= 0.3 is 0 Å². The Morgan fingerprint density at radius 2 is 1.83 bits per heavy atom. The van der Waals surface area contributed by atoms with Crippen molar-refractivity contribution in [2.75, 3.05) is 31.6 Å². The average Bonchev–Trinajstić information content (AvgIpc) is 3.10. The molecule has 1 aromatic heterocycles. The number of para-hydroxylation sites is 1. The van der Waals surface area contributed by atoms with E-state index in [1.807, 2.05) is 48.8 Å². The van der Waals surface area contributed by atoms with Crippen molar-refractivity contribution in [2.45, 2.75) is 6.42 Å². The van der Waals surface area contributed by atoms with Crippen LogP contribution < -0.4 is 15.5 Å². The van der Waals surface area contributed by atoms with E-state index in [1.54, 1.807) is 6.07 Å².